The van der Waals surface area contributed by atoms with Crippen LogP contribution in [-0.2, 0) is 9.53 Å². The zero-order chi connectivity index (χ0) is 15.8. The summed E-state index contributed by atoms with van der Waals surface area (Å²) >= 11 is 0. The molecule has 3 saturated heterocycles. The Bertz CT molecular complexity index is 392. The normalized spacial score (nSPS) is 32.8. The molecule has 0 spiro atoms. The average molecular weight is 308 g/mol. The van der Waals surface area contributed by atoms with E-state index < -0.39 is 24.2 Å². The molecular formula is C14H23F3N2O2. The molecule has 0 aliphatic carbocycles. The van der Waals surface area contributed by atoms with Crippen molar-refractivity contribution < 1.29 is 22.7 Å². The van der Waals surface area contributed by atoms with Crippen molar-refractivity contribution in [3.8, 4) is 0 Å². The average Bonchev–Trinajstić information content (AvgIpc) is 2.43. The van der Waals surface area contributed by atoms with Gasteiger partial charge in [0.2, 0.25) is 0 Å². The molecule has 0 aromatic carbocycles. The zero-order valence-electron chi connectivity index (χ0n) is 12.7. The molecule has 3 aliphatic rings. The van der Waals surface area contributed by atoms with E-state index in [4.69, 9.17) is 4.74 Å². The molecule has 0 N–H and O–H groups in total. The molecule has 0 aromatic heterocycles. The second-order valence-corrected chi connectivity index (χ2v) is 6.30. The molecule has 3 aliphatic heterocycles. The van der Waals surface area contributed by atoms with Crippen molar-refractivity contribution in [1.82, 2.24) is 9.80 Å². The first kappa shape index (κ1) is 16.5. The molecule has 7 heteroatoms. The third-order valence-electron chi connectivity index (χ3n) is 4.75. The summed E-state index contributed by atoms with van der Waals surface area (Å²) in [5.41, 5.74) is -1.17. The van der Waals surface area contributed by atoms with E-state index in [2.05, 4.69) is 4.90 Å². The Hall–Kier alpha value is -0.820. The molecule has 0 aromatic rings. The van der Waals surface area contributed by atoms with Crippen LogP contribution in [0.4, 0.5) is 13.2 Å². The van der Waals surface area contributed by atoms with Gasteiger partial charge in [0.15, 0.2) is 0 Å². The van der Waals surface area contributed by atoms with E-state index in [1.807, 2.05) is 0 Å². The van der Waals surface area contributed by atoms with Gasteiger partial charge in [-0.1, -0.05) is 0 Å². The van der Waals surface area contributed by atoms with Crippen molar-refractivity contribution in [2.45, 2.75) is 44.4 Å². The minimum absolute atomic E-state index is 0.0697. The summed E-state index contributed by atoms with van der Waals surface area (Å²) in [7, 11) is 1.26. The maximum atomic E-state index is 13.0. The molecule has 21 heavy (non-hydrogen) atoms. The number of methoxy groups -OCH3 is 1. The highest BCUT2D eigenvalue weighted by Crippen LogP contribution is 2.42. The second-order valence-electron chi connectivity index (χ2n) is 6.30. The number of ether oxygens (including phenoxy) is 1. The summed E-state index contributed by atoms with van der Waals surface area (Å²) in [6.07, 6.45) is -2.84. The molecule has 1 unspecified atom stereocenters. The Morgan fingerprint density at radius 2 is 1.95 bits per heavy atom. The van der Waals surface area contributed by atoms with Crippen LogP contribution < -0.4 is 0 Å². The lowest BCUT2D eigenvalue weighted by atomic mass is 9.71. The maximum Gasteiger partial charge on any atom is 0.401 e. The lowest BCUT2D eigenvalue weighted by molar-refractivity contribution is -0.199. The summed E-state index contributed by atoms with van der Waals surface area (Å²) < 4.78 is 43.9. The number of hydrogen-bond acceptors (Lipinski definition) is 4. The summed E-state index contributed by atoms with van der Waals surface area (Å²) in [6, 6.07) is -0.383. The van der Waals surface area contributed by atoms with Gasteiger partial charge in [-0.05, 0) is 45.7 Å². The molecule has 0 amide bonds. The number of piperidine rings is 3. The molecule has 3 rings (SSSR count). The highest BCUT2D eigenvalue weighted by Gasteiger charge is 2.58. The summed E-state index contributed by atoms with van der Waals surface area (Å²) in [4.78, 5) is 15.8. The Labute approximate surface area is 123 Å². The van der Waals surface area contributed by atoms with Crippen molar-refractivity contribution in [2.24, 2.45) is 5.92 Å². The zero-order valence-corrected chi connectivity index (χ0v) is 12.7. The second kappa shape index (κ2) is 5.76. The monoisotopic (exact) mass is 308 g/mol. The van der Waals surface area contributed by atoms with E-state index in [1.54, 1.807) is 13.8 Å². The number of rotatable bonds is 4. The number of fused-ring (bicyclic) bond motifs is 3. The van der Waals surface area contributed by atoms with Gasteiger partial charge in [0.1, 0.15) is 5.54 Å². The molecule has 2 bridgehead atoms. The number of alkyl halides is 3. The number of halogens is 3. The Morgan fingerprint density at radius 3 is 2.29 bits per heavy atom. The predicted octanol–water partition coefficient (Wildman–Crippen LogP) is 1.90. The third kappa shape index (κ3) is 3.04. The summed E-state index contributed by atoms with van der Waals surface area (Å²) in [5.74, 6) is -0.602. The molecule has 4 nitrogen and oxygen atoms in total. The van der Waals surface area contributed by atoms with Gasteiger partial charge < -0.3 is 9.64 Å². The first-order valence-corrected chi connectivity index (χ1v) is 7.35. The van der Waals surface area contributed by atoms with Crippen molar-refractivity contribution in [2.75, 3.05) is 33.3 Å². The van der Waals surface area contributed by atoms with Crippen LogP contribution in [0, 0.1) is 5.92 Å². The van der Waals surface area contributed by atoms with E-state index in [0.717, 1.165) is 25.9 Å². The molecule has 0 saturated carbocycles. The van der Waals surface area contributed by atoms with E-state index in [0.29, 0.717) is 6.54 Å². The lowest BCUT2D eigenvalue weighted by Crippen LogP contribution is -2.73. The van der Waals surface area contributed by atoms with Crippen LogP contribution in [-0.4, -0.2) is 66.8 Å². The third-order valence-corrected chi connectivity index (χ3v) is 4.75. The minimum atomic E-state index is -4.34. The van der Waals surface area contributed by atoms with Crippen LogP contribution >= 0.6 is 0 Å². The lowest BCUT2D eigenvalue weighted by Gasteiger charge is -2.57. The van der Waals surface area contributed by atoms with Crippen LogP contribution in [0.15, 0.2) is 0 Å². The number of esters is 1. The fourth-order valence-electron chi connectivity index (χ4n) is 3.87. The van der Waals surface area contributed by atoms with Gasteiger partial charge in [-0.15, -0.1) is 0 Å². The van der Waals surface area contributed by atoms with Gasteiger partial charge in [-0.3, -0.25) is 4.90 Å². The molecule has 3 fully saturated rings. The quantitative estimate of drug-likeness (QED) is 0.743. The van der Waals surface area contributed by atoms with Gasteiger partial charge >= 0.3 is 12.1 Å². The summed E-state index contributed by atoms with van der Waals surface area (Å²) in [6.45, 7) is 4.35. The molecular weight excluding hydrogens is 285 g/mol. The van der Waals surface area contributed by atoms with Crippen LogP contribution in [0.1, 0.15) is 26.7 Å². The van der Waals surface area contributed by atoms with E-state index in [-0.39, 0.29) is 12.0 Å². The topological polar surface area (TPSA) is 32.8 Å². The van der Waals surface area contributed by atoms with Crippen molar-refractivity contribution in [1.29, 1.82) is 0 Å². The van der Waals surface area contributed by atoms with Gasteiger partial charge in [0.25, 0.3) is 0 Å². The highest BCUT2D eigenvalue weighted by molar-refractivity contribution is 5.82. The largest absolute Gasteiger partial charge is 0.468 e. The highest BCUT2D eigenvalue weighted by atomic mass is 19.4. The van der Waals surface area contributed by atoms with E-state index in [9.17, 15) is 18.0 Å². The van der Waals surface area contributed by atoms with Crippen molar-refractivity contribution in [3.05, 3.63) is 0 Å². The smallest absolute Gasteiger partial charge is 0.401 e. The fourth-order valence-corrected chi connectivity index (χ4v) is 3.87. The van der Waals surface area contributed by atoms with Crippen molar-refractivity contribution in [3.63, 3.8) is 0 Å². The Morgan fingerprint density at radius 1 is 1.38 bits per heavy atom. The van der Waals surface area contributed by atoms with Crippen LogP contribution in [0.25, 0.3) is 0 Å². The first-order chi connectivity index (χ1) is 9.70. The van der Waals surface area contributed by atoms with Gasteiger partial charge in [0.05, 0.1) is 13.7 Å². The standard InChI is InChI=1S/C14H23F3N2O2/c1-10(2)19(9-14(15,16)17)13(12(20)21-3)8-18-6-4-11(13)5-7-18/h10-11H,4-9H2,1-3H3. The number of carbonyl (C=O) groups is 1. The maximum absolute atomic E-state index is 13.0. The minimum Gasteiger partial charge on any atom is -0.468 e. The number of nitrogens with zero attached hydrogens (tertiary/aromatic N) is 2. The molecule has 0 radical (unpaired) electrons. The predicted molar refractivity (Wildman–Crippen MR) is 71.8 cm³/mol. The molecule has 122 valence electrons. The SMILES string of the molecule is COC(=O)C1(N(CC(F)(F)F)C(C)C)CN2CCC1CC2. The van der Waals surface area contributed by atoms with E-state index >= 15 is 0 Å². The Balaban J connectivity index is 2.40. The molecule has 3 heterocycles. The summed E-state index contributed by atoms with van der Waals surface area (Å²) in [5, 5.41) is 0. The first-order valence-electron chi connectivity index (χ1n) is 7.35. The van der Waals surface area contributed by atoms with Gasteiger partial charge in [-0.25, -0.2) is 4.79 Å². The van der Waals surface area contributed by atoms with Gasteiger partial charge in [-0.2, -0.15) is 13.2 Å². The van der Waals surface area contributed by atoms with Crippen LogP contribution in [0.5, 0.6) is 0 Å². The van der Waals surface area contributed by atoms with E-state index in [1.165, 1.54) is 12.0 Å². The number of hydrogen-bond donors (Lipinski definition) is 0. The van der Waals surface area contributed by atoms with Crippen molar-refractivity contribution >= 4 is 5.97 Å². The Kier molecular flexibility index (Phi) is 4.54. The van der Waals surface area contributed by atoms with Crippen LogP contribution in [0.3, 0.4) is 0 Å². The van der Waals surface area contributed by atoms with Crippen LogP contribution in [0.2, 0.25) is 0 Å². The number of carbonyl (C=O) groups excluding carboxylic acids is 1. The van der Waals surface area contributed by atoms with Gasteiger partial charge in [0, 0.05) is 12.6 Å². The fraction of sp³-hybridized carbons (Fsp3) is 0.929. The molecule has 1 atom stereocenters.